The summed E-state index contributed by atoms with van der Waals surface area (Å²) in [4.78, 5) is 78.8. The first-order chi connectivity index (χ1) is 26.5. The lowest BCUT2D eigenvalue weighted by molar-refractivity contribution is -0.166. The molecule has 13 nitrogen and oxygen atoms in total. The Balaban J connectivity index is 2.06. The molecule has 0 spiro atoms. The Morgan fingerprint density at radius 2 is 1.51 bits per heavy atom. The molecule has 0 fully saturated rings. The number of amides is 4. The minimum Gasteiger partial charge on any atom is -0.497 e. The predicted octanol–water partition coefficient (Wildman–Crippen LogP) is 4.74. The number of ether oxygens (including phenoxy) is 2. The van der Waals surface area contributed by atoms with E-state index in [0.717, 1.165) is 10.6 Å². The number of carbonyl (C=O) groups excluding carboxylic acids is 5. The number of thioether (sulfide) groups is 1. The highest BCUT2D eigenvalue weighted by atomic mass is 32.2. The molecule has 9 atom stereocenters. The molecule has 1 aromatic carbocycles. The van der Waals surface area contributed by atoms with Gasteiger partial charge in [-0.15, -0.1) is 11.8 Å². The van der Waals surface area contributed by atoms with Gasteiger partial charge in [-0.05, 0) is 68.6 Å². The molecule has 0 radical (unpaired) electrons. The van der Waals surface area contributed by atoms with Gasteiger partial charge in [0.25, 0.3) is 0 Å². The second kappa shape index (κ2) is 20.2. The van der Waals surface area contributed by atoms with Crippen molar-refractivity contribution < 1.29 is 38.6 Å². The van der Waals surface area contributed by atoms with Crippen molar-refractivity contribution in [1.82, 2.24) is 20.0 Å². The number of hydrogen-bond acceptors (Lipinski definition) is 10. The van der Waals surface area contributed by atoms with Gasteiger partial charge in [0.05, 0.1) is 24.3 Å². The number of fused-ring (bicyclic) bond motifs is 1. The van der Waals surface area contributed by atoms with Crippen molar-refractivity contribution in [1.29, 1.82) is 0 Å². The number of likely N-dealkylation sites (N-methyl/N-ethyl adjacent to an activating group) is 3. The van der Waals surface area contributed by atoms with Crippen molar-refractivity contribution in [3.8, 4) is 5.75 Å². The van der Waals surface area contributed by atoms with Crippen LogP contribution in [0, 0.1) is 23.2 Å². The second-order valence-electron chi connectivity index (χ2n) is 17.4. The maximum absolute atomic E-state index is 14.3. The van der Waals surface area contributed by atoms with Gasteiger partial charge in [-0.25, -0.2) is 4.79 Å². The topological polar surface area (TPSA) is 158 Å². The van der Waals surface area contributed by atoms with Gasteiger partial charge in [0, 0.05) is 44.8 Å². The van der Waals surface area contributed by atoms with Gasteiger partial charge in [0.15, 0.2) is 0 Å². The zero-order valence-electron chi connectivity index (χ0n) is 36.5. The minimum absolute atomic E-state index is 0.0177. The lowest BCUT2D eigenvalue weighted by Gasteiger charge is -2.38. The first-order valence-corrected chi connectivity index (χ1v) is 21.0. The molecule has 4 amide bonds. The number of aliphatic hydroxyl groups is 1. The van der Waals surface area contributed by atoms with E-state index in [2.05, 4.69) is 5.32 Å². The third-order valence-corrected chi connectivity index (χ3v) is 12.6. The van der Waals surface area contributed by atoms with Gasteiger partial charge in [0.1, 0.15) is 36.0 Å². The zero-order chi connectivity index (χ0) is 43.1. The third-order valence-electron chi connectivity index (χ3n) is 11.4. The normalized spacial score (nSPS) is 30.9. The monoisotopic (exact) mass is 813 g/mol. The van der Waals surface area contributed by atoms with Crippen LogP contribution in [0.15, 0.2) is 40.9 Å². The Morgan fingerprint density at radius 3 is 2.07 bits per heavy atom. The Labute approximate surface area is 344 Å². The quantitative estimate of drug-likeness (QED) is 0.410. The number of cyclic esters (lactones) is 1. The fraction of sp³-hybridized carbons (Fsp3) is 0.674. The molecule has 2 heterocycles. The van der Waals surface area contributed by atoms with Gasteiger partial charge in [-0.1, -0.05) is 66.7 Å². The number of aliphatic hydroxyl groups excluding tert-OH is 1. The van der Waals surface area contributed by atoms with Crippen molar-refractivity contribution >= 4 is 46.4 Å². The van der Waals surface area contributed by atoms with Gasteiger partial charge >= 0.3 is 5.97 Å². The second-order valence-corrected chi connectivity index (χ2v) is 18.4. The van der Waals surface area contributed by atoms with Crippen molar-refractivity contribution in [2.75, 3.05) is 34.0 Å². The number of aliphatic imine (C=N–C) groups is 1. The van der Waals surface area contributed by atoms with Crippen LogP contribution in [0.2, 0.25) is 0 Å². The minimum atomic E-state index is -1.04. The molecule has 0 saturated carbocycles. The van der Waals surface area contributed by atoms with Gasteiger partial charge in [0.2, 0.25) is 23.6 Å². The average molecular weight is 814 g/mol. The molecular weight excluding hydrogens is 747 g/mol. The summed E-state index contributed by atoms with van der Waals surface area (Å²) in [5.74, 6) is -1.81. The van der Waals surface area contributed by atoms with E-state index in [9.17, 15) is 29.1 Å². The highest BCUT2D eigenvalue weighted by Crippen LogP contribution is 2.33. The first kappa shape index (κ1) is 47.5. The largest absolute Gasteiger partial charge is 0.497 e. The number of benzene rings is 1. The molecule has 2 N–H and O–H groups in total. The molecule has 1 unspecified atom stereocenters. The number of carbonyl (C=O) groups is 5. The van der Waals surface area contributed by atoms with Crippen LogP contribution in [-0.2, 0) is 35.1 Å². The lowest BCUT2D eigenvalue weighted by Crippen LogP contribution is -2.59. The summed E-state index contributed by atoms with van der Waals surface area (Å²) in [6.07, 6.45) is 1.66. The van der Waals surface area contributed by atoms with Gasteiger partial charge in [-0.2, -0.15) is 0 Å². The Morgan fingerprint density at radius 1 is 0.912 bits per heavy atom. The number of methoxy groups -OCH3 is 1. The number of nitrogens with zero attached hydrogens (tertiary/aromatic N) is 4. The molecule has 0 saturated heterocycles. The standard InChI is InChI=1S/C43H67N5O8S/c1-24(2)36-41(53)47(12)29(7)42(54)56-35(43(8,9)10)20-25(3)19-34(49)27(5)38-44-31(23-57-38)21-26(4)37(50)45-33(22-30-15-17-32(55-14)18-16-30)40(52)46(11)28(6)39(51)48(36)13/h15-18,21,24-25,27-29,31,33-36,49H,19-20,22-23H2,1-14H3,(H,45,50)/b26-21+/t25-,27-,28-,29-,31?,33-,34+,35-,36-/m0/s1. The van der Waals surface area contributed by atoms with Crippen molar-refractivity contribution in [2.24, 2.45) is 28.2 Å². The van der Waals surface area contributed by atoms with E-state index in [1.807, 2.05) is 60.6 Å². The van der Waals surface area contributed by atoms with Gasteiger partial charge in [-0.3, -0.25) is 24.2 Å². The van der Waals surface area contributed by atoms with Crippen LogP contribution in [0.3, 0.4) is 0 Å². The van der Waals surface area contributed by atoms with Crippen LogP contribution in [0.4, 0.5) is 0 Å². The summed E-state index contributed by atoms with van der Waals surface area (Å²) >= 11 is 1.55. The first-order valence-electron chi connectivity index (χ1n) is 20.0. The van der Waals surface area contributed by atoms with Crippen LogP contribution in [-0.4, -0.2) is 131 Å². The molecule has 2 bridgehead atoms. The average Bonchev–Trinajstić information content (AvgIpc) is 3.62. The van der Waals surface area contributed by atoms with E-state index in [0.29, 0.717) is 29.9 Å². The van der Waals surface area contributed by atoms with Crippen LogP contribution in [0.25, 0.3) is 0 Å². The molecule has 3 rings (SSSR count). The van der Waals surface area contributed by atoms with E-state index >= 15 is 0 Å². The molecule has 14 heteroatoms. The third kappa shape index (κ3) is 12.3. The summed E-state index contributed by atoms with van der Waals surface area (Å²) in [5, 5.41) is 15.1. The van der Waals surface area contributed by atoms with E-state index in [-0.39, 0.29) is 30.2 Å². The SMILES string of the molecule is COc1ccc(C[C@@H]2NC(=O)/C(C)=C/C3CSC(=N3)[C@@H](C)[C@H](O)C[C@H](C)C[C@@H](C(C)(C)C)OC(=O)[C@H](C)N(C)C(=O)[C@H](C(C)C)N(C)C(=O)[C@H](C)N(C)C2=O)cc1. The van der Waals surface area contributed by atoms with Crippen LogP contribution in [0.1, 0.15) is 87.6 Å². The van der Waals surface area contributed by atoms with E-state index in [1.165, 1.54) is 35.8 Å². The molecule has 0 aromatic heterocycles. The van der Waals surface area contributed by atoms with Crippen LogP contribution in [0.5, 0.6) is 5.75 Å². The highest BCUT2D eigenvalue weighted by molar-refractivity contribution is 8.14. The summed E-state index contributed by atoms with van der Waals surface area (Å²) in [7, 11) is 6.11. The number of nitrogens with one attached hydrogen (secondary N) is 1. The molecular formula is C43H67N5O8S. The molecule has 57 heavy (non-hydrogen) atoms. The Hall–Kier alpha value is -3.91. The van der Waals surface area contributed by atoms with Gasteiger partial charge < -0.3 is 34.6 Å². The number of hydrogen-bond donors (Lipinski definition) is 2. The maximum atomic E-state index is 14.3. The highest BCUT2D eigenvalue weighted by Gasteiger charge is 2.40. The molecule has 2 aliphatic rings. The molecule has 318 valence electrons. The van der Waals surface area contributed by atoms with Crippen molar-refractivity contribution in [2.45, 2.75) is 131 Å². The fourth-order valence-corrected chi connectivity index (χ4v) is 8.27. The van der Waals surface area contributed by atoms with Crippen molar-refractivity contribution in [3.05, 3.63) is 41.5 Å². The smallest absolute Gasteiger partial charge is 0.328 e. The van der Waals surface area contributed by atoms with Crippen LogP contribution < -0.4 is 10.1 Å². The predicted molar refractivity (Wildman–Crippen MR) is 225 cm³/mol. The van der Waals surface area contributed by atoms with E-state index in [4.69, 9.17) is 14.5 Å². The molecule has 1 aromatic rings. The molecule has 0 aliphatic carbocycles. The summed E-state index contributed by atoms with van der Waals surface area (Å²) in [6.45, 7) is 18.5. The summed E-state index contributed by atoms with van der Waals surface area (Å²) < 4.78 is 11.4. The summed E-state index contributed by atoms with van der Waals surface area (Å²) in [5.41, 5.74) is 0.723. The zero-order valence-corrected chi connectivity index (χ0v) is 37.3. The van der Waals surface area contributed by atoms with Crippen LogP contribution >= 0.6 is 11.8 Å². The number of rotatable bonds is 4. The fourth-order valence-electron chi connectivity index (χ4n) is 7.13. The maximum Gasteiger partial charge on any atom is 0.328 e. The Bertz CT molecular complexity index is 1660. The lowest BCUT2D eigenvalue weighted by atomic mass is 9.81. The van der Waals surface area contributed by atoms with E-state index in [1.54, 1.807) is 57.9 Å². The van der Waals surface area contributed by atoms with E-state index < -0.39 is 71.4 Å². The Kier molecular flexibility index (Phi) is 16.8. The van der Waals surface area contributed by atoms with Crippen molar-refractivity contribution in [3.63, 3.8) is 0 Å². The number of esters is 1. The molecule has 2 aliphatic heterocycles. The summed E-state index contributed by atoms with van der Waals surface area (Å²) in [6, 6.07) is 2.90.